The van der Waals surface area contributed by atoms with Crippen LogP contribution in [0.3, 0.4) is 0 Å². The number of ketones is 2. The number of carbonyl (C=O) groups is 2. The smallest absolute Gasteiger partial charge is 0.133 e. The molecule has 0 saturated heterocycles. The molecule has 0 spiro atoms. The number of H-pyrrole nitrogens is 1. The van der Waals surface area contributed by atoms with E-state index >= 15 is 0 Å². The molecule has 24 heavy (non-hydrogen) atoms. The van der Waals surface area contributed by atoms with E-state index in [1.54, 1.807) is 6.92 Å². The average Bonchev–Trinajstić information content (AvgIpc) is 2.90. The van der Waals surface area contributed by atoms with Crippen LogP contribution in [0.1, 0.15) is 69.2 Å². The van der Waals surface area contributed by atoms with Crippen LogP contribution in [0.2, 0.25) is 0 Å². The molecule has 0 bridgehead atoms. The number of hydrogen-bond acceptors (Lipinski definition) is 2. The second kappa shape index (κ2) is 8.81. The number of unbranched alkanes of at least 4 members (excludes halogenated alkanes) is 2. The lowest BCUT2D eigenvalue weighted by atomic mass is 9.99. The highest BCUT2D eigenvalue weighted by Crippen LogP contribution is 2.27. The SMILES string of the molecule is CCCCCC(=O)CCc1[nH]c2c(C)cccc2c1CCC(C)=O. The van der Waals surface area contributed by atoms with Crippen LogP contribution in [0.15, 0.2) is 18.2 Å². The summed E-state index contributed by atoms with van der Waals surface area (Å²) < 4.78 is 0. The van der Waals surface area contributed by atoms with Gasteiger partial charge in [0.25, 0.3) is 0 Å². The number of aryl methyl sites for hydroxylation is 3. The van der Waals surface area contributed by atoms with E-state index in [2.05, 4.69) is 37.0 Å². The summed E-state index contributed by atoms with van der Waals surface area (Å²) in [6.07, 6.45) is 6.59. The minimum Gasteiger partial charge on any atom is -0.358 e. The lowest BCUT2D eigenvalue weighted by molar-refractivity contribution is -0.119. The largest absolute Gasteiger partial charge is 0.358 e. The Hall–Kier alpha value is -1.90. The van der Waals surface area contributed by atoms with Gasteiger partial charge >= 0.3 is 0 Å². The Morgan fingerprint density at radius 1 is 1.04 bits per heavy atom. The van der Waals surface area contributed by atoms with Crippen LogP contribution in [0, 0.1) is 6.92 Å². The number of benzene rings is 1. The van der Waals surface area contributed by atoms with E-state index in [9.17, 15) is 9.59 Å². The van der Waals surface area contributed by atoms with Gasteiger partial charge in [-0.25, -0.2) is 0 Å². The highest BCUT2D eigenvalue weighted by atomic mass is 16.1. The quantitative estimate of drug-likeness (QED) is 0.619. The van der Waals surface area contributed by atoms with Crippen molar-refractivity contribution in [2.75, 3.05) is 0 Å². The van der Waals surface area contributed by atoms with Crippen molar-refractivity contribution >= 4 is 22.5 Å². The zero-order valence-electron chi connectivity index (χ0n) is 15.2. The van der Waals surface area contributed by atoms with Gasteiger partial charge in [0, 0.05) is 35.9 Å². The molecule has 1 heterocycles. The summed E-state index contributed by atoms with van der Waals surface area (Å²) in [5.74, 6) is 0.551. The maximum absolute atomic E-state index is 12.1. The topological polar surface area (TPSA) is 49.9 Å². The minimum absolute atomic E-state index is 0.207. The Kier molecular flexibility index (Phi) is 6.77. The summed E-state index contributed by atoms with van der Waals surface area (Å²) in [7, 11) is 0. The molecule has 0 saturated carbocycles. The van der Waals surface area contributed by atoms with Gasteiger partial charge in [-0.2, -0.15) is 0 Å². The molecule has 0 aliphatic rings. The standard InChI is InChI=1S/C21H29NO2/c1-4-5-6-9-17(24)12-14-20-18(13-11-16(3)23)19-10-7-8-15(2)21(19)22-20/h7-8,10,22H,4-6,9,11-14H2,1-3H3. The Balaban J connectivity index is 2.15. The summed E-state index contributed by atoms with van der Waals surface area (Å²) in [4.78, 5) is 27.0. The first kappa shape index (κ1) is 18.4. The molecule has 0 radical (unpaired) electrons. The lowest BCUT2D eigenvalue weighted by Gasteiger charge is -2.04. The lowest BCUT2D eigenvalue weighted by Crippen LogP contribution is -2.03. The number of Topliss-reactive ketones (excluding diaryl/α,β-unsaturated/α-hetero) is 2. The predicted molar refractivity (Wildman–Crippen MR) is 99.5 cm³/mol. The number of rotatable bonds is 10. The minimum atomic E-state index is 0.207. The van der Waals surface area contributed by atoms with Crippen LogP contribution in [0.25, 0.3) is 10.9 Å². The van der Waals surface area contributed by atoms with Gasteiger partial charge in [0.1, 0.15) is 11.6 Å². The van der Waals surface area contributed by atoms with E-state index in [1.807, 2.05) is 0 Å². The van der Waals surface area contributed by atoms with Crippen LogP contribution >= 0.6 is 0 Å². The molecule has 1 N–H and O–H groups in total. The molecule has 130 valence electrons. The first-order valence-electron chi connectivity index (χ1n) is 9.13. The van der Waals surface area contributed by atoms with E-state index in [-0.39, 0.29) is 5.78 Å². The van der Waals surface area contributed by atoms with Crippen molar-refractivity contribution in [3.63, 3.8) is 0 Å². The Morgan fingerprint density at radius 3 is 2.54 bits per heavy atom. The highest BCUT2D eigenvalue weighted by molar-refractivity contribution is 5.88. The maximum Gasteiger partial charge on any atom is 0.133 e. The van der Waals surface area contributed by atoms with E-state index in [0.717, 1.165) is 43.3 Å². The number of fused-ring (bicyclic) bond motifs is 1. The summed E-state index contributed by atoms with van der Waals surface area (Å²) >= 11 is 0. The maximum atomic E-state index is 12.1. The first-order chi connectivity index (χ1) is 11.5. The molecular formula is C21H29NO2. The Bertz CT molecular complexity index is 712. The molecule has 0 aliphatic carbocycles. The molecule has 2 aromatic rings. The van der Waals surface area contributed by atoms with Crippen molar-refractivity contribution in [3.05, 3.63) is 35.0 Å². The van der Waals surface area contributed by atoms with E-state index in [1.165, 1.54) is 16.5 Å². The summed E-state index contributed by atoms with van der Waals surface area (Å²) in [5.41, 5.74) is 4.69. The Morgan fingerprint density at radius 2 is 1.83 bits per heavy atom. The molecule has 3 heteroatoms. The fraction of sp³-hybridized carbons (Fsp3) is 0.524. The van der Waals surface area contributed by atoms with Gasteiger partial charge < -0.3 is 9.78 Å². The van der Waals surface area contributed by atoms with Gasteiger partial charge in [-0.05, 0) is 44.2 Å². The molecule has 0 amide bonds. The summed E-state index contributed by atoms with van der Waals surface area (Å²) in [5, 5.41) is 1.20. The Labute approximate surface area is 144 Å². The average molecular weight is 327 g/mol. The predicted octanol–water partition coefficient (Wildman–Crippen LogP) is 5.08. The van der Waals surface area contributed by atoms with E-state index < -0.39 is 0 Å². The van der Waals surface area contributed by atoms with Crippen molar-refractivity contribution in [2.24, 2.45) is 0 Å². The second-order valence-corrected chi connectivity index (χ2v) is 6.78. The van der Waals surface area contributed by atoms with Gasteiger partial charge in [0.15, 0.2) is 0 Å². The summed E-state index contributed by atoms with van der Waals surface area (Å²) in [6.45, 7) is 5.88. The van der Waals surface area contributed by atoms with Gasteiger partial charge in [0.2, 0.25) is 0 Å². The molecule has 0 aliphatic heterocycles. The zero-order valence-corrected chi connectivity index (χ0v) is 15.2. The number of carbonyl (C=O) groups excluding carboxylic acids is 2. The number of aromatic amines is 1. The third-order valence-corrected chi connectivity index (χ3v) is 4.68. The molecule has 1 aromatic heterocycles. The van der Waals surface area contributed by atoms with Gasteiger partial charge in [-0.15, -0.1) is 0 Å². The molecule has 0 unspecified atom stereocenters. The number of aromatic nitrogens is 1. The molecule has 1 aromatic carbocycles. The van der Waals surface area contributed by atoms with E-state index in [4.69, 9.17) is 0 Å². The van der Waals surface area contributed by atoms with Gasteiger partial charge in [-0.1, -0.05) is 38.0 Å². The third kappa shape index (κ3) is 4.80. The van der Waals surface area contributed by atoms with Crippen LogP contribution in [0.5, 0.6) is 0 Å². The molecule has 2 rings (SSSR count). The van der Waals surface area contributed by atoms with E-state index in [0.29, 0.717) is 25.0 Å². The van der Waals surface area contributed by atoms with Crippen LogP contribution in [0.4, 0.5) is 0 Å². The molecular weight excluding hydrogens is 298 g/mol. The van der Waals surface area contributed by atoms with Crippen molar-refractivity contribution in [1.82, 2.24) is 4.98 Å². The molecule has 0 atom stereocenters. The zero-order chi connectivity index (χ0) is 17.5. The first-order valence-corrected chi connectivity index (χ1v) is 9.13. The van der Waals surface area contributed by atoms with Crippen LogP contribution in [-0.4, -0.2) is 16.6 Å². The number of hydrogen-bond donors (Lipinski definition) is 1. The highest BCUT2D eigenvalue weighted by Gasteiger charge is 2.14. The van der Waals surface area contributed by atoms with Crippen molar-refractivity contribution in [1.29, 1.82) is 0 Å². The van der Waals surface area contributed by atoms with Crippen molar-refractivity contribution in [3.8, 4) is 0 Å². The number of nitrogens with one attached hydrogen (secondary N) is 1. The van der Waals surface area contributed by atoms with Crippen molar-refractivity contribution in [2.45, 2.75) is 72.1 Å². The molecule has 3 nitrogen and oxygen atoms in total. The number of para-hydroxylation sites is 1. The second-order valence-electron chi connectivity index (χ2n) is 6.78. The van der Waals surface area contributed by atoms with Crippen LogP contribution in [-0.2, 0) is 22.4 Å². The van der Waals surface area contributed by atoms with Gasteiger partial charge in [-0.3, -0.25) is 4.79 Å². The third-order valence-electron chi connectivity index (χ3n) is 4.68. The van der Waals surface area contributed by atoms with Crippen LogP contribution < -0.4 is 0 Å². The monoisotopic (exact) mass is 327 g/mol. The fourth-order valence-electron chi connectivity index (χ4n) is 3.24. The summed E-state index contributed by atoms with van der Waals surface area (Å²) in [6, 6.07) is 6.26. The van der Waals surface area contributed by atoms with Gasteiger partial charge in [0.05, 0.1) is 0 Å². The van der Waals surface area contributed by atoms with Crippen molar-refractivity contribution < 1.29 is 9.59 Å². The molecule has 0 fully saturated rings. The normalized spacial score (nSPS) is 11.1. The fourth-order valence-corrected chi connectivity index (χ4v) is 3.24.